The molecule has 0 radical (unpaired) electrons. The molecule has 0 spiro atoms. The number of rotatable bonds is 7. The topological polar surface area (TPSA) is 52.6 Å². The van der Waals surface area contributed by atoms with E-state index in [-0.39, 0.29) is 31.9 Å². The maximum atomic E-state index is 12.5. The first-order chi connectivity index (χ1) is 12.4. The van der Waals surface area contributed by atoms with Gasteiger partial charge in [-0.15, -0.1) is 0 Å². The quantitative estimate of drug-likeness (QED) is 0.233. The molecule has 0 fully saturated rings. The van der Waals surface area contributed by atoms with E-state index in [2.05, 4.69) is 6.92 Å². The Morgan fingerprint density at radius 1 is 0.885 bits per heavy atom. The van der Waals surface area contributed by atoms with Crippen LogP contribution in [0.5, 0.6) is 5.75 Å². The van der Waals surface area contributed by atoms with E-state index in [1.54, 1.807) is 12.1 Å². The van der Waals surface area contributed by atoms with E-state index in [0.29, 0.717) is 6.61 Å². The molecule has 0 bridgehead atoms. The first-order valence-corrected chi connectivity index (χ1v) is 9.20. The zero-order valence-electron chi connectivity index (χ0n) is 14.1. The number of ether oxygens (including phenoxy) is 2. The molecule has 0 heterocycles. The molecule has 0 aliphatic rings. The smallest absolute Gasteiger partial charge is 0.344 e. The fourth-order valence-corrected chi connectivity index (χ4v) is 2.75. The highest BCUT2D eigenvalue weighted by Gasteiger charge is 2.20. The van der Waals surface area contributed by atoms with Gasteiger partial charge in [-0.2, -0.15) is 0 Å². The van der Waals surface area contributed by atoms with Crippen molar-refractivity contribution >= 4 is 46.7 Å². The van der Waals surface area contributed by atoms with Crippen molar-refractivity contribution in [1.29, 1.82) is 0 Å². The zero-order valence-corrected chi connectivity index (χ0v) is 16.3. The second-order valence-electron chi connectivity index (χ2n) is 5.47. The van der Waals surface area contributed by atoms with Gasteiger partial charge in [0.05, 0.1) is 32.8 Å². The van der Waals surface area contributed by atoms with Crippen LogP contribution in [0.15, 0.2) is 36.4 Å². The summed E-state index contributed by atoms with van der Waals surface area (Å²) >= 11 is 17.8. The van der Waals surface area contributed by atoms with Crippen molar-refractivity contribution in [2.45, 2.75) is 26.2 Å². The number of halogens is 3. The highest BCUT2D eigenvalue weighted by molar-refractivity contribution is 6.43. The minimum absolute atomic E-state index is 0.0529. The fourth-order valence-electron chi connectivity index (χ4n) is 2.17. The Bertz CT molecular complexity index is 805. The number of hydrogen-bond donors (Lipinski definition) is 0. The van der Waals surface area contributed by atoms with Crippen molar-refractivity contribution in [1.82, 2.24) is 0 Å². The minimum atomic E-state index is -0.744. The van der Waals surface area contributed by atoms with Crippen molar-refractivity contribution in [2.24, 2.45) is 0 Å². The number of carbonyl (C=O) groups excluding carboxylic acids is 2. The van der Waals surface area contributed by atoms with Crippen LogP contribution in [0.2, 0.25) is 15.1 Å². The van der Waals surface area contributed by atoms with Crippen LogP contribution < -0.4 is 4.74 Å². The van der Waals surface area contributed by atoms with Gasteiger partial charge in [-0.05, 0) is 24.6 Å². The van der Waals surface area contributed by atoms with Gasteiger partial charge in [0.15, 0.2) is 5.75 Å². The van der Waals surface area contributed by atoms with Crippen molar-refractivity contribution in [3.05, 3.63) is 62.6 Å². The number of hydrogen-bond acceptors (Lipinski definition) is 4. The van der Waals surface area contributed by atoms with E-state index >= 15 is 0 Å². The summed E-state index contributed by atoms with van der Waals surface area (Å²) in [5, 5.41) is 0.572. The molecule has 0 N–H and O–H groups in total. The van der Waals surface area contributed by atoms with Gasteiger partial charge in [-0.25, -0.2) is 9.59 Å². The predicted octanol–water partition coefficient (Wildman–Crippen LogP) is 6.21. The fraction of sp³-hybridized carbons (Fsp3) is 0.263. The highest BCUT2D eigenvalue weighted by Crippen LogP contribution is 2.34. The third-order valence-electron chi connectivity index (χ3n) is 3.53. The van der Waals surface area contributed by atoms with Crippen LogP contribution in [0, 0.1) is 0 Å². The van der Waals surface area contributed by atoms with Gasteiger partial charge in [0.2, 0.25) is 0 Å². The van der Waals surface area contributed by atoms with Crippen molar-refractivity contribution < 1.29 is 19.1 Å². The van der Waals surface area contributed by atoms with Gasteiger partial charge >= 0.3 is 11.9 Å². The van der Waals surface area contributed by atoms with Gasteiger partial charge in [0.1, 0.15) is 0 Å². The Kier molecular flexibility index (Phi) is 7.76. The van der Waals surface area contributed by atoms with Crippen LogP contribution in [-0.4, -0.2) is 18.5 Å². The largest absolute Gasteiger partial charge is 0.462 e. The summed E-state index contributed by atoms with van der Waals surface area (Å²) in [5.74, 6) is -1.27. The van der Waals surface area contributed by atoms with Gasteiger partial charge in [-0.1, -0.05) is 66.7 Å². The van der Waals surface area contributed by atoms with E-state index in [1.165, 1.54) is 24.3 Å². The molecule has 0 aliphatic heterocycles. The summed E-state index contributed by atoms with van der Waals surface area (Å²) in [7, 11) is 0. The Balaban J connectivity index is 2.17. The molecule has 2 aromatic rings. The summed E-state index contributed by atoms with van der Waals surface area (Å²) in [4.78, 5) is 24.8. The number of benzene rings is 2. The number of esters is 2. The molecule has 0 atom stereocenters. The molecule has 0 aromatic heterocycles. The summed E-state index contributed by atoms with van der Waals surface area (Å²) in [6, 6.07) is 8.98. The number of unbranched alkanes of at least 4 members (excludes halogenated alkanes) is 2. The summed E-state index contributed by atoms with van der Waals surface area (Å²) in [6.45, 7) is 2.36. The molecule has 0 aliphatic carbocycles. The molecule has 7 heteroatoms. The van der Waals surface area contributed by atoms with Crippen molar-refractivity contribution in [2.75, 3.05) is 6.61 Å². The zero-order chi connectivity index (χ0) is 19.1. The normalized spacial score (nSPS) is 10.5. The molecule has 0 unspecified atom stereocenters. The van der Waals surface area contributed by atoms with Crippen molar-refractivity contribution in [3.63, 3.8) is 0 Å². The Labute approximate surface area is 167 Å². The van der Waals surface area contributed by atoms with Crippen LogP contribution in [0.4, 0.5) is 0 Å². The molecule has 2 aromatic carbocycles. The molecule has 0 amide bonds. The monoisotopic (exact) mass is 414 g/mol. The lowest BCUT2D eigenvalue weighted by atomic mass is 10.1. The van der Waals surface area contributed by atoms with Crippen LogP contribution in [0.25, 0.3) is 0 Å². The Morgan fingerprint density at radius 3 is 2.15 bits per heavy atom. The SMILES string of the molecule is CCCCCOC(=O)c1ccccc1C(=O)Oc1cc(Cl)c(Cl)cc1Cl. The summed E-state index contributed by atoms with van der Waals surface area (Å²) < 4.78 is 10.5. The van der Waals surface area contributed by atoms with Crippen molar-refractivity contribution in [3.8, 4) is 5.75 Å². The molecule has 26 heavy (non-hydrogen) atoms. The van der Waals surface area contributed by atoms with Crippen LogP contribution in [0.3, 0.4) is 0 Å². The highest BCUT2D eigenvalue weighted by atomic mass is 35.5. The van der Waals surface area contributed by atoms with Gasteiger partial charge in [0, 0.05) is 6.07 Å². The second-order valence-corrected chi connectivity index (χ2v) is 6.70. The first-order valence-electron chi connectivity index (χ1n) is 8.07. The third-order valence-corrected chi connectivity index (χ3v) is 4.54. The van der Waals surface area contributed by atoms with Gasteiger partial charge < -0.3 is 9.47 Å². The average molecular weight is 416 g/mol. The molecule has 2 rings (SSSR count). The molecule has 0 saturated heterocycles. The van der Waals surface area contributed by atoms with E-state index in [4.69, 9.17) is 44.3 Å². The van der Waals surface area contributed by atoms with Crippen LogP contribution in [0.1, 0.15) is 46.9 Å². The number of carbonyl (C=O) groups is 2. The van der Waals surface area contributed by atoms with Crippen LogP contribution in [-0.2, 0) is 4.74 Å². The Hall–Kier alpha value is -1.75. The molecular weight excluding hydrogens is 399 g/mol. The predicted molar refractivity (Wildman–Crippen MR) is 103 cm³/mol. The van der Waals surface area contributed by atoms with Gasteiger partial charge in [-0.3, -0.25) is 0 Å². The van der Waals surface area contributed by atoms with Crippen LogP contribution >= 0.6 is 34.8 Å². The molecule has 4 nitrogen and oxygen atoms in total. The maximum Gasteiger partial charge on any atom is 0.344 e. The van der Waals surface area contributed by atoms with E-state index in [0.717, 1.165) is 19.3 Å². The maximum absolute atomic E-state index is 12.5. The average Bonchev–Trinajstić information content (AvgIpc) is 2.63. The van der Waals surface area contributed by atoms with E-state index in [1.807, 2.05) is 0 Å². The molecule has 138 valence electrons. The minimum Gasteiger partial charge on any atom is -0.462 e. The third kappa shape index (κ3) is 5.37. The molecule has 0 saturated carbocycles. The standard InChI is InChI=1S/C19H17Cl3O4/c1-2-3-6-9-25-18(23)12-7-4-5-8-13(12)19(24)26-17-11-15(21)14(20)10-16(17)22/h4-5,7-8,10-11H,2-3,6,9H2,1H3. The van der Waals surface area contributed by atoms with Gasteiger partial charge in [0.25, 0.3) is 0 Å². The first kappa shape index (κ1) is 20.6. The van der Waals surface area contributed by atoms with E-state index < -0.39 is 11.9 Å². The summed E-state index contributed by atoms with van der Waals surface area (Å²) in [6.07, 6.45) is 2.76. The lowest BCUT2D eigenvalue weighted by Gasteiger charge is -2.11. The molecular formula is C19H17Cl3O4. The lowest BCUT2D eigenvalue weighted by Crippen LogP contribution is -2.16. The lowest BCUT2D eigenvalue weighted by molar-refractivity contribution is 0.0490. The Morgan fingerprint density at radius 2 is 1.50 bits per heavy atom. The summed E-state index contributed by atoms with van der Waals surface area (Å²) in [5.41, 5.74) is 0.209. The second kappa shape index (κ2) is 9.81. The van der Waals surface area contributed by atoms with E-state index in [9.17, 15) is 9.59 Å².